The third-order valence-electron chi connectivity index (χ3n) is 7.71. The molecular formula is C28H39N4O7PS. The third-order valence-corrected chi connectivity index (χ3v) is 10.2. The molecule has 5 N–H and O–H groups in total. The Labute approximate surface area is 241 Å². The second kappa shape index (κ2) is 13.6. The van der Waals surface area contributed by atoms with E-state index in [0.717, 1.165) is 44.1 Å². The van der Waals surface area contributed by atoms with Crippen molar-refractivity contribution >= 4 is 29.6 Å². The molecule has 4 rings (SSSR count). The number of benzene rings is 2. The van der Waals surface area contributed by atoms with Crippen LogP contribution in [0.4, 0.5) is 0 Å². The van der Waals surface area contributed by atoms with Crippen LogP contribution in [-0.2, 0) is 34.9 Å². The highest BCUT2D eigenvalue weighted by atomic mass is 32.2. The predicted octanol–water partition coefficient (Wildman–Crippen LogP) is 4.01. The van der Waals surface area contributed by atoms with E-state index in [2.05, 4.69) is 4.72 Å². The van der Waals surface area contributed by atoms with E-state index in [9.17, 15) is 22.7 Å². The number of amides is 1. The number of likely N-dealkylation sites (N-methyl/N-ethyl adjacent to an activating group) is 1. The Hall–Kier alpha value is -2.60. The van der Waals surface area contributed by atoms with Crippen molar-refractivity contribution in [3.05, 3.63) is 65.2 Å². The Kier molecular flexibility index (Phi) is 10.4. The van der Waals surface area contributed by atoms with Gasteiger partial charge >= 0.3 is 7.82 Å². The zero-order valence-corrected chi connectivity index (χ0v) is 24.9. The van der Waals surface area contributed by atoms with E-state index in [-0.39, 0.29) is 35.7 Å². The molecule has 0 bridgehead atoms. The van der Waals surface area contributed by atoms with Gasteiger partial charge in [0.15, 0.2) is 0 Å². The zero-order valence-electron chi connectivity index (χ0n) is 23.2. The minimum Gasteiger partial charge on any atom is -0.384 e. The molecule has 1 amide bonds. The first-order valence-corrected chi connectivity index (χ1v) is 16.9. The lowest BCUT2D eigenvalue weighted by atomic mass is 10.0. The molecule has 1 heterocycles. The average Bonchev–Trinajstić information content (AvgIpc) is 3.50. The standard InChI is InChI=1S/C28H39N4O7PS/c1-32(23-7-4-5-8-23)28(33)25(19-20-10-12-22(13-11-20)27(29)30)31-41(36,37)24-16-14-21(15-17-24)26-9-3-2-6-18-38-40(34,35)39-26/h10-17,23,25-26,31H,2-9,18-19H2,1H3,(H3,29,30)(H,34,35)/t25?,26-/m0/s1. The SMILES string of the molecule is CN(C(=O)C(Cc1ccc(C(=N)N)cc1)NS(=O)(=O)c1ccc([C@@H]2CCCCCOP(=O)(O)O2)cc1)C1CCCC1. The fourth-order valence-electron chi connectivity index (χ4n) is 5.33. The molecule has 2 aromatic rings. The Balaban J connectivity index is 1.55. The van der Waals surface area contributed by atoms with Crippen molar-refractivity contribution in [2.75, 3.05) is 13.7 Å². The van der Waals surface area contributed by atoms with Crippen LogP contribution in [0, 0.1) is 5.41 Å². The summed E-state index contributed by atoms with van der Waals surface area (Å²) in [5.74, 6) is -0.394. The van der Waals surface area contributed by atoms with E-state index < -0.39 is 30.0 Å². The summed E-state index contributed by atoms with van der Waals surface area (Å²) >= 11 is 0. The number of phosphoric ester groups is 1. The molecular weight excluding hydrogens is 567 g/mol. The molecule has 13 heteroatoms. The van der Waals surface area contributed by atoms with Crippen LogP contribution in [0.5, 0.6) is 0 Å². The maximum Gasteiger partial charge on any atom is 0.472 e. The second-order valence-electron chi connectivity index (χ2n) is 10.7. The third kappa shape index (κ3) is 8.47. The van der Waals surface area contributed by atoms with Crippen molar-refractivity contribution in [3.8, 4) is 0 Å². The highest BCUT2D eigenvalue weighted by Gasteiger charge is 2.33. The van der Waals surface area contributed by atoms with Crippen molar-refractivity contribution in [2.45, 2.75) is 80.9 Å². The summed E-state index contributed by atoms with van der Waals surface area (Å²) in [5.41, 5.74) is 7.37. The number of carbonyl (C=O) groups excluding carboxylic acids is 1. The molecule has 1 aliphatic heterocycles. The first kappa shape index (κ1) is 31.3. The monoisotopic (exact) mass is 606 g/mol. The van der Waals surface area contributed by atoms with Crippen LogP contribution in [0.15, 0.2) is 53.4 Å². The lowest BCUT2D eigenvalue weighted by Crippen LogP contribution is -2.50. The minimum absolute atomic E-state index is 0.0407. The van der Waals surface area contributed by atoms with Crippen LogP contribution >= 0.6 is 7.82 Å². The summed E-state index contributed by atoms with van der Waals surface area (Å²) in [4.78, 5) is 25.2. The van der Waals surface area contributed by atoms with Gasteiger partial charge < -0.3 is 15.5 Å². The number of rotatable bonds is 9. The molecule has 2 unspecified atom stereocenters. The van der Waals surface area contributed by atoms with Gasteiger partial charge in [-0.25, -0.2) is 13.0 Å². The van der Waals surface area contributed by atoms with Crippen LogP contribution in [-0.4, -0.2) is 55.7 Å². The number of carbonyl (C=O) groups is 1. The van der Waals surface area contributed by atoms with Crippen LogP contribution in [0.3, 0.4) is 0 Å². The van der Waals surface area contributed by atoms with Gasteiger partial charge in [0, 0.05) is 18.7 Å². The van der Waals surface area contributed by atoms with Crippen LogP contribution < -0.4 is 10.5 Å². The number of hydrogen-bond donors (Lipinski definition) is 4. The van der Waals surface area contributed by atoms with E-state index >= 15 is 0 Å². The quantitative estimate of drug-likeness (QED) is 0.188. The molecule has 41 heavy (non-hydrogen) atoms. The van der Waals surface area contributed by atoms with Crippen molar-refractivity contribution in [3.63, 3.8) is 0 Å². The molecule has 11 nitrogen and oxygen atoms in total. The largest absolute Gasteiger partial charge is 0.472 e. The molecule has 2 fully saturated rings. The first-order valence-electron chi connectivity index (χ1n) is 13.9. The molecule has 0 aromatic heterocycles. The van der Waals surface area contributed by atoms with E-state index in [0.29, 0.717) is 24.0 Å². The van der Waals surface area contributed by atoms with Crippen LogP contribution in [0.25, 0.3) is 0 Å². The van der Waals surface area contributed by atoms with E-state index in [1.54, 1.807) is 48.3 Å². The average molecular weight is 607 g/mol. The number of sulfonamides is 1. The van der Waals surface area contributed by atoms with Gasteiger partial charge in [-0.1, -0.05) is 62.1 Å². The highest BCUT2D eigenvalue weighted by molar-refractivity contribution is 7.89. The Bertz CT molecular complexity index is 1360. The highest BCUT2D eigenvalue weighted by Crippen LogP contribution is 2.50. The molecule has 1 saturated carbocycles. The van der Waals surface area contributed by atoms with Crippen LogP contribution in [0.2, 0.25) is 0 Å². The predicted molar refractivity (Wildman–Crippen MR) is 155 cm³/mol. The van der Waals surface area contributed by atoms with E-state index in [4.69, 9.17) is 20.2 Å². The molecule has 224 valence electrons. The minimum atomic E-state index is -4.23. The topological polar surface area (TPSA) is 172 Å². The summed E-state index contributed by atoms with van der Waals surface area (Å²) in [5, 5.41) is 7.60. The molecule has 2 aromatic carbocycles. The van der Waals surface area contributed by atoms with Gasteiger partial charge in [-0.3, -0.25) is 19.3 Å². The normalized spacial score (nSPS) is 23.2. The van der Waals surface area contributed by atoms with E-state index in [1.807, 2.05) is 0 Å². The summed E-state index contributed by atoms with van der Waals surface area (Å²) < 4.78 is 52.3. The van der Waals surface area contributed by atoms with Gasteiger partial charge in [0.2, 0.25) is 15.9 Å². The maximum atomic E-state index is 13.6. The Morgan fingerprint density at radius 1 is 1.07 bits per heavy atom. The number of nitrogens with zero attached hydrogens (tertiary/aromatic N) is 1. The lowest BCUT2D eigenvalue weighted by Gasteiger charge is -2.29. The van der Waals surface area contributed by atoms with Gasteiger partial charge in [-0.15, -0.1) is 0 Å². The first-order chi connectivity index (χ1) is 19.4. The number of amidine groups is 1. The van der Waals surface area contributed by atoms with Crippen molar-refractivity contribution in [1.29, 1.82) is 5.41 Å². The smallest absolute Gasteiger partial charge is 0.384 e. The van der Waals surface area contributed by atoms with E-state index in [1.165, 1.54) is 12.1 Å². The number of nitrogen functional groups attached to an aromatic ring is 1. The number of phosphoric acid groups is 1. The van der Waals surface area contributed by atoms with Crippen molar-refractivity contribution in [2.24, 2.45) is 5.73 Å². The molecule has 3 atom stereocenters. The van der Waals surface area contributed by atoms with Gasteiger partial charge in [0.1, 0.15) is 11.9 Å². The lowest BCUT2D eigenvalue weighted by molar-refractivity contribution is -0.133. The van der Waals surface area contributed by atoms with Gasteiger partial charge in [-0.05, 0) is 55.4 Å². The maximum absolute atomic E-state index is 13.6. The number of nitrogens with one attached hydrogen (secondary N) is 2. The fourth-order valence-corrected chi connectivity index (χ4v) is 7.49. The zero-order chi connectivity index (χ0) is 29.6. The molecule has 2 aliphatic rings. The van der Waals surface area contributed by atoms with Gasteiger partial charge in [-0.2, -0.15) is 4.72 Å². The summed E-state index contributed by atoms with van der Waals surface area (Å²) in [6, 6.07) is 11.7. The molecule has 0 radical (unpaired) electrons. The molecule has 1 saturated heterocycles. The van der Waals surface area contributed by atoms with Gasteiger partial charge in [0.25, 0.3) is 0 Å². The Morgan fingerprint density at radius 2 is 1.71 bits per heavy atom. The summed E-state index contributed by atoms with van der Waals surface area (Å²) in [6.07, 6.45) is 5.94. The fraction of sp³-hybridized carbons (Fsp3) is 0.500. The van der Waals surface area contributed by atoms with Crippen LogP contribution in [0.1, 0.15) is 74.2 Å². The van der Waals surface area contributed by atoms with Gasteiger partial charge in [0.05, 0.1) is 17.6 Å². The molecule has 0 spiro atoms. The molecule has 1 aliphatic carbocycles. The number of nitrogens with two attached hydrogens (primary N) is 1. The second-order valence-corrected chi connectivity index (χ2v) is 13.8. The van der Waals surface area contributed by atoms with Crippen molar-refractivity contribution in [1.82, 2.24) is 9.62 Å². The van der Waals surface area contributed by atoms with Crippen molar-refractivity contribution < 1.29 is 31.7 Å². The number of hydrogen-bond acceptors (Lipinski definition) is 7. The summed E-state index contributed by atoms with van der Waals surface area (Å²) in [6.45, 7) is 0.139. The Morgan fingerprint density at radius 3 is 2.34 bits per heavy atom. The summed E-state index contributed by atoms with van der Waals surface area (Å²) in [7, 11) is -6.63.